The van der Waals surface area contributed by atoms with Gasteiger partial charge in [-0.15, -0.1) is 15.3 Å². The van der Waals surface area contributed by atoms with Crippen molar-refractivity contribution >= 4 is 11.5 Å². The first-order valence-electron chi connectivity index (χ1n) is 8.97. The quantitative estimate of drug-likeness (QED) is 0.767. The highest BCUT2D eigenvalue weighted by atomic mass is 19.4. The molecule has 0 unspecified atom stereocenters. The predicted molar refractivity (Wildman–Crippen MR) is 91.7 cm³/mol. The van der Waals surface area contributed by atoms with Crippen LogP contribution in [0.2, 0.25) is 0 Å². The summed E-state index contributed by atoms with van der Waals surface area (Å²) in [7, 11) is 2.11. The first kappa shape index (κ1) is 18.4. The molecule has 2 fully saturated rings. The number of hydrogen-bond donors (Lipinski definition) is 0. The van der Waals surface area contributed by atoms with Gasteiger partial charge >= 0.3 is 6.18 Å². The zero-order valence-electron chi connectivity index (χ0n) is 15.1. The Hall–Kier alpha value is -1.98. The Kier molecular flexibility index (Phi) is 4.91. The second-order valence-electron chi connectivity index (χ2n) is 7.03. The largest absolute Gasteiger partial charge is 0.453 e. The number of rotatable bonds is 3. The van der Waals surface area contributed by atoms with E-state index in [4.69, 9.17) is 4.74 Å². The second-order valence-corrected chi connectivity index (χ2v) is 7.03. The van der Waals surface area contributed by atoms with Crippen molar-refractivity contribution in [1.29, 1.82) is 0 Å². The van der Waals surface area contributed by atoms with E-state index in [0.717, 1.165) is 37.2 Å². The zero-order valence-corrected chi connectivity index (χ0v) is 15.1. The number of aromatic nitrogens is 4. The molecule has 0 bridgehead atoms. The minimum atomic E-state index is -4.60. The highest BCUT2D eigenvalue weighted by Crippen LogP contribution is 2.28. The Morgan fingerprint density at radius 1 is 1.11 bits per heavy atom. The van der Waals surface area contributed by atoms with Crippen LogP contribution in [0.5, 0.6) is 0 Å². The molecule has 0 aliphatic carbocycles. The van der Waals surface area contributed by atoms with E-state index in [0.29, 0.717) is 25.5 Å². The third-order valence-corrected chi connectivity index (χ3v) is 5.02. The number of halogens is 3. The summed E-state index contributed by atoms with van der Waals surface area (Å²) in [6.45, 7) is 6.56. The fourth-order valence-corrected chi connectivity index (χ4v) is 3.48. The summed E-state index contributed by atoms with van der Waals surface area (Å²) < 4.78 is 45.8. The van der Waals surface area contributed by atoms with E-state index >= 15 is 0 Å². The van der Waals surface area contributed by atoms with Crippen LogP contribution in [-0.2, 0) is 10.9 Å². The highest BCUT2D eigenvalue weighted by molar-refractivity contribution is 5.46. The van der Waals surface area contributed by atoms with Crippen molar-refractivity contribution in [2.45, 2.75) is 12.3 Å². The molecular formula is C16H22F3N7O. The topological polar surface area (TPSA) is 62.0 Å². The molecule has 2 aliphatic heterocycles. The number of hydrogen-bond acceptors (Lipinski definition) is 7. The predicted octanol–water partition coefficient (Wildman–Crippen LogP) is 0.596. The van der Waals surface area contributed by atoms with E-state index < -0.39 is 12.0 Å². The molecule has 0 amide bonds. The van der Waals surface area contributed by atoms with Crippen molar-refractivity contribution in [1.82, 2.24) is 29.6 Å². The fraction of sp³-hybridized carbons (Fsp3) is 0.688. The summed E-state index contributed by atoms with van der Waals surface area (Å²) in [5.41, 5.74) is 0.0771. The van der Waals surface area contributed by atoms with Crippen LogP contribution in [-0.4, -0.2) is 95.2 Å². The fourth-order valence-electron chi connectivity index (χ4n) is 3.48. The van der Waals surface area contributed by atoms with Crippen LogP contribution < -0.4 is 4.90 Å². The average molecular weight is 385 g/mol. The van der Waals surface area contributed by atoms with Gasteiger partial charge in [-0.25, -0.2) is 0 Å². The smallest absolute Gasteiger partial charge is 0.373 e. The molecule has 2 aromatic heterocycles. The van der Waals surface area contributed by atoms with Gasteiger partial charge in [0.2, 0.25) is 0 Å². The molecule has 2 saturated heterocycles. The first-order chi connectivity index (χ1) is 12.9. The van der Waals surface area contributed by atoms with Crippen molar-refractivity contribution in [3.63, 3.8) is 0 Å². The zero-order chi connectivity index (χ0) is 19.0. The van der Waals surface area contributed by atoms with Gasteiger partial charge in [-0.2, -0.15) is 17.7 Å². The van der Waals surface area contributed by atoms with Crippen molar-refractivity contribution in [3.05, 3.63) is 18.0 Å². The van der Waals surface area contributed by atoms with Crippen LogP contribution in [0.3, 0.4) is 0 Å². The standard InChI is InChI=1S/C16H22F3N7O/c1-23-4-6-24(7-5-23)10-12-11-25(8-9-27-12)14-3-2-13-20-21-15(16(17,18)19)26(13)22-14/h2-3,12H,4-11H2,1H3/t12-/m0/s1. The van der Waals surface area contributed by atoms with E-state index in [1.165, 1.54) is 6.07 Å². The minimum absolute atomic E-state index is 0.00246. The summed E-state index contributed by atoms with van der Waals surface area (Å²) >= 11 is 0. The number of nitrogens with zero attached hydrogens (tertiary/aromatic N) is 7. The number of fused-ring (bicyclic) bond motifs is 1. The maximum absolute atomic E-state index is 13.1. The third kappa shape index (κ3) is 3.99. The van der Waals surface area contributed by atoms with Gasteiger partial charge in [-0.3, -0.25) is 4.90 Å². The number of morpholine rings is 1. The molecule has 27 heavy (non-hydrogen) atoms. The average Bonchev–Trinajstić information content (AvgIpc) is 3.07. The maximum atomic E-state index is 13.1. The van der Waals surface area contributed by atoms with Crippen molar-refractivity contribution in [2.75, 3.05) is 64.4 Å². The first-order valence-corrected chi connectivity index (χ1v) is 8.97. The molecule has 4 rings (SSSR count). The Morgan fingerprint density at radius 2 is 1.89 bits per heavy atom. The van der Waals surface area contributed by atoms with Gasteiger partial charge in [0.15, 0.2) is 5.65 Å². The summed E-state index contributed by atoms with van der Waals surface area (Å²) in [6, 6.07) is 3.19. The van der Waals surface area contributed by atoms with Crippen LogP contribution >= 0.6 is 0 Å². The molecule has 2 aliphatic rings. The molecule has 0 spiro atoms. The van der Waals surface area contributed by atoms with Gasteiger partial charge in [-0.05, 0) is 19.2 Å². The lowest BCUT2D eigenvalue weighted by atomic mass is 10.2. The highest BCUT2D eigenvalue weighted by Gasteiger charge is 2.38. The van der Waals surface area contributed by atoms with Crippen LogP contribution in [0.15, 0.2) is 12.1 Å². The molecule has 0 radical (unpaired) electrons. The molecular weight excluding hydrogens is 363 g/mol. The SMILES string of the molecule is CN1CCN(C[C@H]2CN(c3ccc4nnc(C(F)(F)F)n4n3)CCO2)CC1. The van der Waals surface area contributed by atoms with Crippen molar-refractivity contribution in [3.8, 4) is 0 Å². The van der Waals surface area contributed by atoms with Crippen molar-refractivity contribution in [2.24, 2.45) is 0 Å². The molecule has 1 atom stereocenters. The number of alkyl halides is 3. The van der Waals surface area contributed by atoms with Crippen LogP contribution in [0.1, 0.15) is 5.82 Å². The van der Waals surface area contributed by atoms with Gasteiger partial charge in [0, 0.05) is 45.8 Å². The second kappa shape index (κ2) is 7.21. The summed E-state index contributed by atoms with van der Waals surface area (Å²) in [4.78, 5) is 6.62. The summed E-state index contributed by atoms with van der Waals surface area (Å²) in [5, 5.41) is 10.9. The van der Waals surface area contributed by atoms with Crippen molar-refractivity contribution < 1.29 is 17.9 Å². The maximum Gasteiger partial charge on any atom is 0.453 e. The number of likely N-dealkylation sites (N-methyl/N-ethyl adjacent to an activating group) is 1. The minimum Gasteiger partial charge on any atom is -0.373 e. The Morgan fingerprint density at radius 3 is 2.63 bits per heavy atom. The van der Waals surface area contributed by atoms with E-state index in [9.17, 15) is 13.2 Å². The monoisotopic (exact) mass is 385 g/mol. The Labute approximate surface area is 154 Å². The number of ether oxygens (including phenoxy) is 1. The Bertz CT molecular complexity index is 788. The van der Waals surface area contributed by atoms with Gasteiger partial charge in [-0.1, -0.05) is 0 Å². The Balaban J connectivity index is 1.48. The van der Waals surface area contributed by atoms with Crippen LogP contribution in [0.25, 0.3) is 5.65 Å². The molecule has 2 aromatic rings. The van der Waals surface area contributed by atoms with E-state index in [1.807, 2.05) is 4.90 Å². The normalized spacial score (nSPS) is 23.3. The molecule has 0 saturated carbocycles. The van der Waals surface area contributed by atoms with Gasteiger partial charge in [0.1, 0.15) is 5.82 Å². The summed E-state index contributed by atoms with van der Waals surface area (Å²) in [5.74, 6) is -0.638. The van der Waals surface area contributed by atoms with Crippen LogP contribution in [0, 0.1) is 0 Å². The third-order valence-electron chi connectivity index (χ3n) is 5.02. The van der Waals surface area contributed by atoms with Gasteiger partial charge in [0.25, 0.3) is 5.82 Å². The molecule has 148 valence electrons. The summed E-state index contributed by atoms with van der Waals surface area (Å²) in [6.07, 6.45) is -4.59. The lowest BCUT2D eigenvalue weighted by molar-refractivity contribution is -0.146. The van der Waals surface area contributed by atoms with E-state index in [1.54, 1.807) is 6.07 Å². The molecule has 11 heteroatoms. The van der Waals surface area contributed by atoms with E-state index in [-0.39, 0.29) is 11.8 Å². The van der Waals surface area contributed by atoms with Crippen LogP contribution in [0.4, 0.5) is 19.0 Å². The lowest BCUT2D eigenvalue weighted by Crippen LogP contribution is -2.52. The lowest BCUT2D eigenvalue weighted by Gasteiger charge is -2.38. The molecule has 0 N–H and O–H groups in total. The number of piperazine rings is 1. The van der Waals surface area contributed by atoms with Gasteiger partial charge in [0.05, 0.1) is 12.7 Å². The molecule has 0 aromatic carbocycles. The van der Waals surface area contributed by atoms with E-state index in [2.05, 4.69) is 32.1 Å². The van der Waals surface area contributed by atoms with Gasteiger partial charge < -0.3 is 14.5 Å². The molecule has 4 heterocycles. The molecule has 8 nitrogen and oxygen atoms in total. The number of anilines is 1.